The summed E-state index contributed by atoms with van der Waals surface area (Å²) in [7, 11) is 0. The zero-order valence-corrected chi connectivity index (χ0v) is 22.5. The lowest BCUT2D eigenvalue weighted by Crippen LogP contribution is -2.39. The second kappa shape index (κ2) is 11.2. The zero-order valence-electron chi connectivity index (χ0n) is 22.5. The lowest BCUT2D eigenvalue weighted by Gasteiger charge is -2.41. The number of hydrogen-bond acceptors (Lipinski definition) is 4. The van der Waals surface area contributed by atoms with Crippen molar-refractivity contribution >= 4 is 11.9 Å². The second-order valence-electron chi connectivity index (χ2n) is 12.6. The van der Waals surface area contributed by atoms with Crippen LogP contribution in [0.4, 0.5) is 0 Å². The van der Waals surface area contributed by atoms with Crippen molar-refractivity contribution in [2.45, 2.75) is 112 Å². The minimum atomic E-state index is -0.518. The smallest absolute Gasteiger partial charge is 0.344 e. The van der Waals surface area contributed by atoms with E-state index in [4.69, 9.17) is 9.47 Å². The Bertz CT molecular complexity index is 729. The van der Waals surface area contributed by atoms with Crippen LogP contribution in [0.25, 0.3) is 0 Å². The molecule has 0 bridgehead atoms. The van der Waals surface area contributed by atoms with Gasteiger partial charge in [-0.1, -0.05) is 85.5 Å². The molecule has 0 saturated heterocycles. The predicted octanol–water partition coefficient (Wildman–Crippen LogP) is 7.42. The number of ether oxygens (including phenoxy) is 2. The van der Waals surface area contributed by atoms with Crippen molar-refractivity contribution < 1.29 is 19.1 Å². The molecular weight excluding hydrogens is 412 g/mol. The van der Waals surface area contributed by atoms with Gasteiger partial charge in [0.05, 0.1) is 5.57 Å². The minimum absolute atomic E-state index is 0.183. The van der Waals surface area contributed by atoms with Gasteiger partial charge in [-0.2, -0.15) is 0 Å². The highest BCUT2D eigenvalue weighted by Gasteiger charge is 2.36. The number of allylic oxidation sites excluding steroid dienone is 2. The van der Waals surface area contributed by atoms with Gasteiger partial charge < -0.3 is 9.47 Å². The largest absolute Gasteiger partial charge is 0.457 e. The summed E-state index contributed by atoms with van der Waals surface area (Å²) < 4.78 is 11.0. The molecule has 188 valence electrons. The van der Waals surface area contributed by atoms with Gasteiger partial charge in [-0.3, -0.25) is 0 Å². The quantitative estimate of drug-likeness (QED) is 0.336. The summed E-state index contributed by atoms with van der Waals surface area (Å²) in [5, 5.41) is 0. The number of rotatable bonds is 9. The SMILES string of the molecule is CCC(C)(C)CC(C1C=CC(C(=O)OCC(=O)OC(C)(C)C2CCCCC2)=CC1)C(C)(C)C. The summed E-state index contributed by atoms with van der Waals surface area (Å²) in [6, 6.07) is 0. The van der Waals surface area contributed by atoms with Crippen LogP contribution in [0.2, 0.25) is 0 Å². The van der Waals surface area contributed by atoms with Crippen molar-refractivity contribution in [3.8, 4) is 0 Å². The van der Waals surface area contributed by atoms with E-state index < -0.39 is 17.5 Å². The van der Waals surface area contributed by atoms with E-state index >= 15 is 0 Å². The Hall–Kier alpha value is -1.58. The van der Waals surface area contributed by atoms with Gasteiger partial charge in [0.25, 0.3) is 0 Å². The third kappa shape index (κ3) is 8.30. The molecule has 2 aliphatic carbocycles. The van der Waals surface area contributed by atoms with Crippen LogP contribution in [-0.4, -0.2) is 24.1 Å². The molecule has 0 N–H and O–H groups in total. The molecule has 33 heavy (non-hydrogen) atoms. The van der Waals surface area contributed by atoms with E-state index in [9.17, 15) is 9.59 Å². The van der Waals surface area contributed by atoms with Gasteiger partial charge in [-0.05, 0) is 68.1 Å². The molecular formula is C29H48O4. The number of carbonyl (C=O) groups excluding carboxylic acids is 2. The van der Waals surface area contributed by atoms with Gasteiger partial charge in [-0.25, -0.2) is 9.59 Å². The van der Waals surface area contributed by atoms with Crippen LogP contribution in [0.1, 0.15) is 107 Å². The Kier molecular flexibility index (Phi) is 9.41. The number of hydrogen-bond donors (Lipinski definition) is 0. The van der Waals surface area contributed by atoms with Crippen LogP contribution in [-0.2, 0) is 19.1 Å². The van der Waals surface area contributed by atoms with Gasteiger partial charge in [0.2, 0.25) is 0 Å². The molecule has 4 heteroatoms. The molecule has 1 fully saturated rings. The Morgan fingerprint density at radius 3 is 2.18 bits per heavy atom. The molecule has 2 unspecified atom stereocenters. The van der Waals surface area contributed by atoms with Gasteiger partial charge >= 0.3 is 11.9 Å². The average Bonchev–Trinajstić information content (AvgIpc) is 2.75. The summed E-state index contributed by atoms with van der Waals surface area (Å²) in [4.78, 5) is 24.9. The maximum absolute atomic E-state index is 12.6. The van der Waals surface area contributed by atoms with Crippen LogP contribution in [0.5, 0.6) is 0 Å². The van der Waals surface area contributed by atoms with Gasteiger partial charge in [-0.15, -0.1) is 0 Å². The maximum atomic E-state index is 12.6. The van der Waals surface area contributed by atoms with E-state index in [1.54, 1.807) is 0 Å². The second-order valence-corrected chi connectivity index (χ2v) is 12.6. The fourth-order valence-electron chi connectivity index (χ4n) is 5.34. The van der Waals surface area contributed by atoms with E-state index in [0.717, 1.165) is 32.1 Å². The Balaban J connectivity index is 1.89. The third-order valence-corrected chi connectivity index (χ3v) is 8.01. The van der Waals surface area contributed by atoms with Gasteiger partial charge in [0, 0.05) is 0 Å². The normalized spacial score (nSPS) is 21.3. The highest BCUT2D eigenvalue weighted by molar-refractivity contribution is 5.93. The van der Waals surface area contributed by atoms with Crippen molar-refractivity contribution in [2.24, 2.45) is 28.6 Å². The summed E-state index contributed by atoms with van der Waals surface area (Å²) in [6.07, 6.45) is 15.0. The first-order chi connectivity index (χ1) is 15.2. The number of carbonyl (C=O) groups is 2. The number of esters is 2. The molecule has 2 rings (SSSR count). The Morgan fingerprint density at radius 1 is 1.03 bits per heavy atom. The van der Waals surface area contributed by atoms with Crippen LogP contribution in [0.15, 0.2) is 23.8 Å². The average molecular weight is 461 g/mol. The molecule has 0 radical (unpaired) electrons. The monoisotopic (exact) mass is 460 g/mol. The lowest BCUT2D eigenvalue weighted by atomic mass is 9.64. The molecule has 0 amide bonds. The van der Waals surface area contributed by atoms with Crippen molar-refractivity contribution in [2.75, 3.05) is 6.61 Å². The molecule has 0 aromatic rings. The molecule has 0 aliphatic heterocycles. The van der Waals surface area contributed by atoms with Crippen molar-refractivity contribution in [1.82, 2.24) is 0 Å². The van der Waals surface area contributed by atoms with Crippen LogP contribution in [0, 0.1) is 28.6 Å². The van der Waals surface area contributed by atoms with E-state index in [1.807, 2.05) is 26.0 Å². The zero-order chi connectivity index (χ0) is 24.9. The molecule has 2 aliphatic rings. The molecule has 4 nitrogen and oxygen atoms in total. The fourth-order valence-corrected chi connectivity index (χ4v) is 5.34. The maximum Gasteiger partial charge on any atom is 0.344 e. The summed E-state index contributed by atoms with van der Waals surface area (Å²) in [6.45, 7) is 17.5. The first-order valence-electron chi connectivity index (χ1n) is 13.0. The van der Waals surface area contributed by atoms with Crippen molar-refractivity contribution in [1.29, 1.82) is 0 Å². The highest BCUT2D eigenvalue weighted by Crippen LogP contribution is 2.44. The predicted molar refractivity (Wildman–Crippen MR) is 135 cm³/mol. The first kappa shape index (κ1) is 27.7. The van der Waals surface area contributed by atoms with Crippen molar-refractivity contribution in [3.63, 3.8) is 0 Å². The van der Waals surface area contributed by atoms with E-state index in [2.05, 4.69) is 47.6 Å². The van der Waals surface area contributed by atoms with E-state index in [0.29, 0.717) is 28.7 Å². The van der Waals surface area contributed by atoms with Crippen molar-refractivity contribution in [3.05, 3.63) is 23.8 Å². The lowest BCUT2D eigenvalue weighted by molar-refractivity contribution is -0.171. The van der Waals surface area contributed by atoms with E-state index in [1.165, 1.54) is 19.3 Å². The molecule has 0 spiro atoms. The van der Waals surface area contributed by atoms with Gasteiger partial charge in [0.1, 0.15) is 5.60 Å². The minimum Gasteiger partial charge on any atom is -0.457 e. The Labute approximate surface area is 202 Å². The molecule has 0 aromatic heterocycles. The molecule has 1 saturated carbocycles. The van der Waals surface area contributed by atoms with Crippen LogP contribution < -0.4 is 0 Å². The fraction of sp³-hybridized carbons (Fsp3) is 0.793. The first-order valence-corrected chi connectivity index (χ1v) is 13.0. The molecule has 0 heterocycles. The summed E-state index contributed by atoms with van der Waals surface area (Å²) >= 11 is 0. The third-order valence-electron chi connectivity index (χ3n) is 8.01. The Morgan fingerprint density at radius 2 is 1.67 bits per heavy atom. The molecule has 0 aromatic carbocycles. The molecule has 2 atom stereocenters. The van der Waals surface area contributed by atoms with Crippen LogP contribution >= 0.6 is 0 Å². The topological polar surface area (TPSA) is 52.6 Å². The summed E-state index contributed by atoms with van der Waals surface area (Å²) in [5.41, 5.74) is 0.492. The summed E-state index contributed by atoms with van der Waals surface area (Å²) in [5.74, 6) is 0.383. The highest BCUT2D eigenvalue weighted by atomic mass is 16.6. The van der Waals surface area contributed by atoms with Crippen LogP contribution in [0.3, 0.4) is 0 Å². The van der Waals surface area contributed by atoms with Gasteiger partial charge in [0.15, 0.2) is 6.61 Å². The van der Waals surface area contributed by atoms with E-state index in [-0.39, 0.29) is 12.0 Å². The standard InChI is InChI=1S/C29H48O4/c1-9-28(5,6)19-24(27(2,3)4)21-15-17-22(18-16-21)26(31)32-20-25(30)33-29(7,8)23-13-11-10-12-14-23/h15,17-18,21,23-24H,9-14,16,19-20H2,1-8H3.